The van der Waals surface area contributed by atoms with E-state index in [9.17, 15) is 4.79 Å². The fourth-order valence-electron chi connectivity index (χ4n) is 5.25. The lowest BCUT2D eigenvalue weighted by Crippen LogP contribution is -2.14. The number of halogens is 1. The van der Waals surface area contributed by atoms with E-state index in [1.165, 1.54) is 4.88 Å². The van der Waals surface area contributed by atoms with Crippen LogP contribution in [-0.4, -0.2) is 19.2 Å². The number of aliphatic imine (C=N–C) groups is 1. The van der Waals surface area contributed by atoms with E-state index in [2.05, 4.69) is 29.6 Å². The summed E-state index contributed by atoms with van der Waals surface area (Å²) < 4.78 is 11.8. The van der Waals surface area contributed by atoms with E-state index >= 15 is 0 Å². The number of methoxy groups -OCH3 is 1. The first-order valence-electron chi connectivity index (χ1n) is 13.6. The van der Waals surface area contributed by atoms with Crippen LogP contribution in [0, 0.1) is 0 Å². The summed E-state index contributed by atoms with van der Waals surface area (Å²) in [5, 5.41) is 6.47. The number of para-hydroxylation sites is 1. The Kier molecular flexibility index (Phi) is 8.03. The van der Waals surface area contributed by atoms with Gasteiger partial charge in [0, 0.05) is 16.8 Å². The summed E-state index contributed by atoms with van der Waals surface area (Å²) in [5.74, 6) is 0.871. The van der Waals surface area contributed by atoms with Crippen molar-refractivity contribution in [3.05, 3.63) is 117 Å². The van der Waals surface area contributed by atoms with Gasteiger partial charge in [0.25, 0.3) is 5.91 Å². The molecule has 0 saturated heterocycles. The second-order valence-corrected chi connectivity index (χ2v) is 11.4. The van der Waals surface area contributed by atoms with Gasteiger partial charge in [-0.05, 0) is 77.4 Å². The molecule has 0 radical (unpaired) electrons. The molecule has 0 atom stereocenters. The van der Waals surface area contributed by atoms with E-state index < -0.39 is 0 Å². The lowest BCUT2D eigenvalue weighted by molar-refractivity contribution is 0.102. The number of fused-ring (bicyclic) bond motifs is 2. The van der Waals surface area contributed by atoms with Crippen LogP contribution in [0.4, 0.5) is 10.7 Å². The number of carbonyl (C=O) groups is 1. The first-order valence-corrected chi connectivity index (χ1v) is 14.8. The zero-order valence-corrected chi connectivity index (χ0v) is 24.2. The molecule has 6 rings (SSSR count). The molecule has 0 fully saturated rings. The number of anilines is 1. The van der Waals surface area contributed by atoms with Gasteiger partial charge in [0.2, 0.25) is 0 Å². The van der Waals surface area contributed by atoms with Gasteiger partial charge in [0.05, 0.1) is 17.7 Å². The summed E-state index contributed by atoms with van der Waals surface area (Å²) in [7, 11) is 1.59. The number of aryl methyl sites for hydroxylation is 1. The number of rotatable bonds is 8. The molecule has 0 aliphatic heterocycles. The summed E-state index contributed by atoms with van der Waals surface area (Å²) in [4.78, 5) is 19.5. The van der Waals surface area contributed by atoms with Gasteiger partial charge in [0.15, 0.2) is 11.5 Å². The number of benzene rings is 4. The highest BCUT2D eigenvalue weighted by atomic mass is 35.5. The number of carbonyl (C=O) groups excluding carboxylic acids is 1. The molecule has 1 amide bonds. The number of nitrogens with one attached hydrogen (secondary N) is 1. The minimum absolute atomic E-state index is 0.129. The van der Waals surface area contributed by atoms with Gasteiger partial charge in [-0.1, -0.05) is 72.3 Å². The van der Waals surface area contributed by atoms with Crippen LogP contribution in [0.15, 0.2) is 89.9 Å². The molecule has 0 spiro atoms. The van der Waals surface area contributed by atoms with Crippen LogP contribution in [0.5, 0.6) is 11.5 Å². The first-order chi connectivity index (χ1) is 20.1. The van der Waals surface area contributed by atoms with Crippen LogP contribution in [0.3, 0.4) is 0 Å². The Morgan fingerprint density at radius 3 is 2.63 bits per heavy atom. The minimum atomic E-state index is -0.129. The second kappa shape index (κ2) is 12.2. The van der Waals surface area contributed by atoms with Crippen molar-refractivity contribution >= 4 is 56.5 Å². The lowest BCUT2D eigenvalue weighted by Gasteiger charge is -2.14. The number of hydrogen-bond acceptors (Lipinski definition) is 5. The van der Waals surface area contributed by atoms with Crippen molar-refractivity contribution in [1.82, 2.24) is 0 Å². The van der Waals surface area contributed by atoms with Gasteiger partial charge in [-0.25, -0.2) is 4.99 Å². The van der Waals surface area contributed by atoms with Crippen LogP contribution in [0.25, 0.3) is 10.8 Å². The zero-order chi connectivity index (χ0) is 28.2. The van der Waals surface area contributed by atoms with Crippen LogP contribution < -0.4 is 14.8 Å². The molecule has 1 heterocycles. The molecule has 1 N–H and O–H groups in total. The quantitative estimate of drug-likeness (QED) is 0.186. The average molecular weight is 581 g/mol. The van der Waals surface area contributed by atoms with E-state index in [0.29, 0.717) is 33.7 Å². The van der Waals surface area contributed by atoms with Gasteiger partial charge in [0.1, 0.15) is 11.6 Å². The second-order valence-electron chi connectivity index (χ2n) is 9.93. The number of hydrogen-bond donors (Lipinski definition) is 1. The van der Waals surface area contributed by atoms with E-state index in [1.807, 2.05) is 60.7 Å². The number of nitrogens with zero attached hydrogens (tertiary/aromatic N) is 1. The van der Waals surface area contributed by atoms with Crippen LogP contribution in [0.2, 0.25) is 5.02 Å². The molecular weight excluding hydrogens is 552 g/mol. The number of amides is 1. The highest BCUT2D eigenvalue weighted by molar-refractivity contribution is 7.16. The average Bonchev–Trinajstić information content (AvgIpc) is 3.38. The van der Waals surface area contributed by atoms with Crippen molar-refractivity contribution in [3.8, 4) is 11.5 Å². The van der Waals surface area contributed by atoms with Gasteiger partial charge < -0.3 is 14.8 Å². The Labute approximate surface area is 248 Å². The van der Waals surface area contributed by atoms with Gasteiger partial charge in [-0.3, -0.25) is 4.79 Å². The van der Waals surface area contributed by atoms with Crippen molar-refractivity contribution in [3.63, 3.8) is 0 Å². The Balaban J connectivity index is 1.26. The molecule has 5 nitrogen and oxygen atoms in total. The Bertz CT molecular complexity index is 1740. The molecule has 1 aliphatic rings. The molecule has 5 aromatic rings. The van der Waals surface area contributed by atoms with Crippen molar-refractivity contribution in [2.45, 2.75) is 32.3 Å². The first kappa shape index (κ1) is 27.1. The largest absolute Gasteiger partial charge is 0.493 e. The summed E-state index contributed by atoms with van der Waals surface area (Å²) in [6.45, 7) is 0.353. The third kappa shape index (κ3) is 5.85. The topological polar surface area (TPSA) is 59.9 Å². The molecule has 1 aromatic heterocycles. The maximum atomic E-state index is 13.4. The third-order valence-corrected chi connectivity index (χ3v) is 8.73. The highest BCUT2D eigenvalue weighted by Crippen LogP contribution is 2.41. The van der Waals surface area contributed by atoms with Gasteiger partial charge >= 0.3 is 0 Å². The maximum absolute atomic E-state index is 13.4. The zero-order valence-electron chi connectivity index (χ0n) is 22.7. The molecule has 7 heteroatoms. The van der Waals surface area contributed by atoms with Crippen LogP contribution in [-0.2, 0) is 19.4 Å². The normalized spacial score (nSPS) is 12.8. The number of thiophene rings is 1. The molecule has 0 unspecified atom stereocenters. The van der Waals surface area contributed by atoms with E-state index in [0.717, 1.165) is 58.8 Å². The predicted octanol–water partition coefficient (Wildman–Crippen LogP) is 9.02. The molecule has 41 heavy (non-hydrogen) atoms. The van der Waals surface area contributed by atoms with Crippen LogP contribution >= 0.6 is 22.9 Å². The number of ether oxygens (including phenoxy) is 2. The predicted molar refractivity (Wildman–Crippen MR) is 169 cm³/mol. The molecule has 0 saturated carbocycles. The summed E-state index contributed by atoms with van der Waals surface area (Å²) in [6.07, 6.45) is 5.80. The highest BCUT2D eigenvalue weighted by Gasteiger charge is 2.25. The molecule has 1 aliphatic carbocycles. The molecule has 206 valence electrons. The van der Waals surface area contributed by atoms with Crippen molar-refractivity contribution in [2.24, 2.45) is 4.99 Å². The summed E-state index contributed by atoms with van der Waals surface area (Å²) in [5.41, 5.74) is 4.37. The van der Waals surface area contributed by atoms with Crippen molar-refractivity contribution < 1.29 is 14.3 Å². The third-order valence-electron chi connectivity index (χ3n) is 7.25. The molecular formula is C34H29ClN2O3S. The summed E-state index contributed by atoms with van der Waals surface area (Å²) in [6, 6.07) is 27.6. The van der Waals surface area contributed by atoms with E-state index in [-0.39, 0.29) is 5.91 Å². The molecule has 0 bridgehead atoms. The van der Waals surface area contributed by atoms with Crippen LogP contribution in [0.1, 0.15) is 44.8 Å². The molecule has 4 aromatic carbocycles. The van der Waals surface area contributed by atoms with E-state index in [1.54, 1.807) is 24.7 Å². The van der Waals surface area contributed by atoms with Gasteiger partial charge in [-0.2, -0.15) is 0 Å². The van der Waals surface area contributed by atoms with Crippen molar-refractivity contribution in [1.29, 1.82) is 0 Å². The minimum Gasteiger partial charge on any atom is -0.493 e. The Hall–Kier alpha value is -4.13. The monoisotopic (exact) mass is 580 g/mol. The smallest absolute Gasteiger partial charge is 0.259 e. The fraction of sp³-hybridized carbons (Fsp3) is 0.176. The Morgan fingerprint density at radius 1 is 1.00 bits per heavy atom. The standard InChI is InChI=1S/C34H29ClN2O3S/c1-39-29-19-22(18-28(35)32(29)40-21-24-12-9-11-23-10-5-6-15-26(23)24)20-36-34-31(27-16-7-8-17-30(27)41-34)33(38)37-25-13-3-2-4-14-25/h2-6,9-15,18-20H,7-8,16-17,21H2,1H3,(H,37,38). The van der Waals surface area contributed by atoms with E-state index in [4.69, 9.17) is 26.1 Å². The van der Waals surface area contributed by atoms with Crippen molar-refractivity contribution in [2.75, 3.05) is 12.4 Å². The van der Waals surface area contributed by atoms with Gasteiger partial charge in [-0.15, -0.1) is 11.3 Å². The fourth-order valence-corrected chi connectivity index (χ4v) is 6.75. The SMILES string of the molecule is COc1cc(C=Nc2sc3c(c2C(=O)Nc2ccccc2)CCCC3)cc(Cl)c1OCc1cccc2ccccc12. The Morgan fingerprint density at radius 2 is 1.78 bits per heavy atom. The lowest BCUT2D eigenvalue weighted by atomic mass is 9.95. The maximum Gasteiger partial charge on any atom is 0.259 e. The summed E-state index contributed by atoms with van der Waals surface area (Å²) >= 11 is 8.30.